The molecular formula is C36H39N3O2. The van der Waals surface area contributed by atoms with Crippen molar-refractivity contribution in [3.63, 3.8) is 0 Å². The lowest BCUT2D eigenvalue weighted by Crippen LogP contribution is -2.30. The largest absolute Gasteiger partial charge is 0.494 e. The van der Waals surface area contributed by atoms with Crippen molar-refractivity contribution in [2.45, 2.75) is 58.5 Å². The van der Waals surface area contributed by atoms with Crippen molar-refractivity contribution in [3.8, 4) is 16.9 Å². The van der Waals surface area contributed by atoms with E-state index in [1.54, 1.807) is 0 Å². The Balaban J connectivity index is 1.21. The van der Waals surface area contributed by atoms with Crippen molar-refractivity contribution in [2.24, 2.45) is 0 Å². The molecule has 1 aromatic heterocycles. The number of nitrogens with zero attached hydrogens (tertiary/aromatic N) is 2. The molecule has 1 N–H and O–H groups in total. The molecule has 5 heteroatoms. The highest BCUT2D eigenvalue weighted by Gasteiger charge is 2.19. The highest BCUT2D eigenvalue weighted by atomic mass is 16.5. The Hall–Kier alpha value is -4.38. The number of carbonyl (C=O) groups excluding carboxylic acids is 1. The molecule has 0 fully saturated rings. The Morgan fingerprint density at radius 2 is 1.51 bits per heavy atom. The number of carbonyl (C=O) groups is 1. The van der Waals surface area contributed by atoms with Gasteiger partial charge in [0.05, 0.1) is 30.1 Å². The third kappa shape index (κ3) is 7.04. The van der Waals surface area contributed by atoms with Crippen molar-refractivity contribution in [2.75, 3.05) is 6.61 Å². The van der Waals surface area contributed by atoms with Gasteiger partial charge in [0.25, 0.3) is 0 Å². The zero-order valence-electron chi connectivity index (χ0n) is 24.4. The highest BCUT2D eigenvalue weighted by molar-refractivity contribution is 5.80. The summed E-state index contributed by atoms with van der Waals surface area (Å²) >= 11 is 0. The van der Waals surface area contributed by atoms with Crippen LogP contribution in [0.5, 0.6) is 5.75 Å². The van der Waals surface area contributed by atoms with Crippen molar-refractivity contribution in [3.05, 3.63) is 120 Å². The molecule has 0 aliphatic rings. The van der Waals surface area contributed by atoms with Crippen molar-refractivity contribution < 1.29 is 9.53 Å². The van der Waals surface area contributed by atoms with Gasteiger partial charge in [0, 0.05) is 6.54 Å². The molecule has 0 aliphatic carbocycles. The first-order valence-corrected chi connectivity index (χ1v) is 14.4. The van der Waals surface area contributed by atoms with Crippen LogP contribution in [0.25, 0.3) is 22.2 Å². The molecular weight excluding hydrogens is 506 g/mol. The van der Waals surface area contributed by atoms with E-state index < -0.39 is 0 Å². The fraction of sp³-hybridized carbons (Fsp3) is 0.278. The lowest BCUT2D eigenvalue weighted by atomic mass is 9.87. The Kier molecular flexibility index (Phi) is 8.53. The van der Waals surface area contributed by atoms with E-state index in [-0.39, 0.29) is 17.4 Å². The van der Waals surface area contributed by atoms with Crippen LogP contribution in [0.15, 0.2) is 103 Å². The van der Waals surface area contributed by atoms with Crippen LogP contribution in [0.4, 0.5) is 0 Å². The molecule has 0 bridgehead atoms. The van der Waals surface area contributed by atoms with Gasteiger partial charge >= 0.3 is 0 Å². The predicted octanol–water partition coefficient (Wildman–Crippen LogP) is 7.89. The van der Waals surface area contributed by atoms with E-state index in [9.17, 15) is 4.79 Å². The first-order chi connectivity index (χ1) is 19.8. The third-order valence-corrected chi connectivity index (χ3v) is 7.39. The maximum absolute atomic E-state index is 13.0. The van der Waals surface area contributed by atoms with Gasteiger partial charge in [-0.2, -0.15) is 0 Å². The standard InChI is InChI=1S/C36H39N3O2/c1-26(37-34(40)25-27-15-17-29(18-16-27)28-11-6-5-7-12-28)35-38-32-13-8-9-14-33(32)39(35)23-10-24-41-31-21-19-30(20-22-31)36(2,3)4/h5-9,11-22,26H,10,23-25H2,1-4H3,(H,37,40). The second-order valence-corrected chi connectivity index (χ2v) is 11.6. The lowest BCUT2D eigenvalue weighted by Gasteiger charge is -2.19. The Labute approximate surface area is 243 Å². The number of hydrogen-bond acceptors (Lipinski definition) is 3. The fourth-order valence-corrected chi connectivity index (χ4v) is 5.11. The molecule has 1 amide bonds. The van der Waals surface area contributed by atoms with Crippen LogP contribution in [0, 0.1) is 0 Å². The SMILES string of the molecule is CC(NC(=O)Cc1ccc(-c2ccccc2)cc1)c1nc2ccccc2n1CCCOc1ccc(C(C)(C)C)cc1. The molecule has 5 rings (SSSR count). The molecule has 0 spiro atoms. The summed E-state index contributed by atoms with van der Waals surface area (Å²) in [5, 5.41) is 3.17. The molecule has 0 saturated heterocycles. The van der Waals surface area contributed by atoms with Gasteiger partial charge in [-0.15, -0.1) is 0 Å². The van der Waals surface area contributed by atoms with Gasteiger partial charge in [0.2, 0.25) is 5.91 Å². The molecule has 210 valence electrons. The maximum Gasteiger partial charge on any atom is 0.224 e. The molecule has 0 radical (unpaired) electrons. The van der Waals surface area contributed by atoms with Gasteiger partial charge < -0.3 is 14.6 Å². The number of para-hydroxylation sites is 2. The van der Waals surface area contributed by atoms with Gasteiger partial charge in [-0.05, 0) is 65.3 Å². The minimum absolute atomic E-state index is 0.0226. The smallest absolute Gasteiger partial charge is 0.224 e. The number of nitrogens with one attached hydrogen (secondary N) is 1. The van der Waals surface area contributed by atoms with Crippen LogP contribution in [-0.4, -0.2) is 22.1 Å². The minimum atomic E-state index is -0.232. The zero-order valence-corrected chi connectivity index (χ0v) is 24.4. The molecule has 1 unspecified atom stereocenters. The maximum atomic E-state index is 13.0. The number of hydrogen-bond donors (Lipinski definition) is 1. The second kappa shape index (κ2) is 12.4. The van der Waals surface area contributed by atoms with E-state index >= 15 is 0 Å². The number of amides is 1. The van der Waals surface area contributed by atoms with Crippen molar-refractivity contribution in [1.82, 2.24) is 14.9 Å². The lowest BCUT2D eigenvalue weighted by molar-refractivity contribution is -0.121. The number of ether oxygens (including phenoxy) is 1. The van der Waals surface area contributed by atoms with Gasteiger partial charge in [-0.1, -0.05) is 99.6 Å². The van der Waals surface area contributed by atoms with Crippen LogP contribution in [0.3, 0.4) is 0 Å². The molecule has 4 aromatic carbocycles. The first-order valence-electron chi connectivity index (χ1n) is 14.4. The number of imidazole rings is 1. The summed E-state index contributed by atoms with van der Waals surface area (Å²) in [5.74, 6) is 1.71. The van der Waals surface area contributed by atoms with Crippen molar-refractivity contribution >= 4 is 16.9 Å². The summed E-state index contributed by atoms with van der Waals surface area (Å²) in [6.07, 6.45) is 1.14. The Bertz CT molecular complexity index is 1580. The molecule has 0 saturated carbocycles. The number of benzene rings is 4. The molecule has 1 atom stereocenters. The number of aromatic nitrogens is 2. The summed E-state index contributed by atoms with van der Waals surface area (Å²) in [7, 11) is 0. The Morgan fingerprint density at radius 3 is 2.22 bits per heavy atom. The average Bonchev–Trinajstić information content (AvgIpc) is 3.35. The molecule has 5 aromatic rings. The second-order valence-electron chi connectivity index (χ2n) is 11.6. The van der Waals surface area contributed by atoms with Crippen LogP contribution in [0.2, 0.25) is 0 Å². The van der Waals surface area contributed by atoms with Crippen LogP contribution >= 0.6 is 0 Å². The average molecular weight is 546 g/mol. The van der Waals surface area contributed by atoms with Crippen LogP contribution in [0.1, 0.15) is 57.1 Å². The van der Waals surface area contributed by atoms with Crippen molar-refractivity contribution in [1.29, 1.82) is 0 Å². The van der Waals surface area contributed by atoms with Gasteiger partial charge in [0.1, 0.15) is 11.6 Å². The summed E-state index contributed by atoms with van der Waals surface area (Å²) in [6.45, 7) is 9.98. The summed E-state index contributed by atoms with van der Waals surface area (Å²) in [5.41, 5.74) is 6.70. The molecule has 1 heterocycles. The number of aryl methyl sites for hydroxylation is 1. The topological polar surface area (TPSA) is 56.2 Å². The number of rotatable bonds is 10. The first kappa shape index (κ1) is 28.2. The van der Waals surface area contributed by atoms with E-state index in [2.05, 4.69) is 73.1 Å². The highest BCUT2D eigenvalue weighted by Crippen LogP contribution is 2.25. The monoisotopic (exact) mass is 545 g/mol. The predicted molar refractivity (Wildman–Crippen MR) is 167 cm³/mol. The van der Waals surface area contributed by atoms with E-state index in [0.29, 0.717) is 13.0 Å². The molecule has 0 aliphatic heterocycles. The van der Waals surface area contributed by atoms with E-state index in [1.165, 1.54) is 11.1 Å². The van der Waals surface area contributed by atoms with E-state index in [0.717, 1.165) is 46.7 Å². The minimum Gasteiger partial charge on any atom is -0.494 e. The summed E-state index contributed by atoms with van der Waals surface area (Å²) in [6, 6.07) is 34.7. The summed E-state index contributed by atoms with van der Waals surface area (Å²) < 4.78 is 8.26. The summed E-state index contributed by atoms with van der Waals surface area (Å²) in [4.78, 5) is 17.9. The van der Waals surface area contributed by atoms with E-state index in [1.807, 2.05) is 67.6 Å². The molecule has 5 nitrogen and oxygen atoms in total. The third-order valence-electron chi connectivity index (χ3n) is 7.39. The van der Waals surface area contributed by atoms with Gasteiger partial charge in [-0.25, -0.2) is 4.98 Å². The van der Waals surface area contributed by atoms with Gasteiger partial charge in [-0.3, -0.25) is 4.79 Å². The van der Waals surface area contributed by atoms with E-state index in [4.69, 9.17) is 9.72 Å². The Morgan fingerprint density at radius 1 is 0.854 bits per heavy atom. The van der Waals surface area contributed by atoms with Crippen LogP contribution < -0.4 is 10.1 Å². The van der Waals surface area contributed by atoms with Crippen LogP contribution in [-0.2, 0) is 23.2 Å². The molecule has 41 heavy (non-hydrogen) atoms. The fourth-order valence-electron chi connectivity index (χ4n) is 5.11. The number of fused-ring (bicyclic) bond motifs is 1. The quantitative estimate of drug-likeness (QED) is 0.182. The normalized spacial score (nSPS) is 12.3. The zero-order chi connectivity index (χ0) is 28.8. The van der Waals surface area contributed by atoms with Gasteiger partial charge in [0.15, 0.2) is 0 Å².